The van der Waals surface area contributed by atoms with Crippen LogP contribution in [0.15, 0.2) is 51.3 Å². The van der Waals surface area contributed by atoms with E-state index in [0.29, 0.717) is 20.2 Å². The SMILES string of the molecule is Cc1nnc(/N=C2/S/C(=C\C(Cl)=C\c3ccccc3)C(=O)N2C2CCCCC2)s1. The Balaban J connectivity index is 1.64. The molecule has 1 amide bonds. The Hall–Kier alpha value is -1.96. The molecule has 1 aromatic carbocycles. The summed E-state index contributed by atoms with van der Waals surface area (Å²) in [6.45, 7) is 1.90. The summed E-state index contributed by atoms with van der Waals surface area (Å²) in [6, 6.07) is 10.0. The number of hydrogen-bond acceptors (Lipinski definition) is 6. The van der Waals surface area contributed by atoms with Crippen LogP contribution in [-0.2, 0) is 4.79 Å². The molecule has 2 aliphatic rings. The first-order valence-electron chi connectivity index (χ1n) is 9.64. The third-order valence-corrected chi connectivity index (χ3v) is 6.79. The van der Waals surface area contributed by atoms with Gasteiger partial charge in [0, 0.05) is 11.1 Å². The zero-order valence-corrected chi connectivity index (χ0v) is 18.4. The minimum atomic E-state index is -0.0264. The van der Waals surface area contributed by atoms with E-state index >= 15 is 0 Å². The van der Waals surface area contributed by atoms with E-state index in [-0.39, 0.29) is 11.9 Å². The number of thioether (sulfide) groups is 1. The molecule has 1 aromatic heterocycles. The predicted octanol–water partition coefficient (Wildman–Crippen LogP) is 5.91. The summed E-state index contributed by atoms with van der Waals surface area (Å²) in [5.41, 5.74) is 0.993. The third-order valence-electron chi connectivity index (χ3n) is 4.86. The van der Waals surface area contributed by atoms with Gasteiger partial charge in [-0.1, -0.05) is 72.5 Å². The maximum Gasteiger partial charge on any atom is 0.267 e. The van der Waals surface area contributed by atoms with Crippen LogP contribution < -0.4 is 0 Å². The molecule has 0 spiro atoms. The number of aliphatic imine (C=N–C) groups is 1. The molecule has 1 saturated carbocycles. The van der Waals surface area contributed by atoms with E-state index in [1.165, 1.54) is 29.5 Å². The summed E-state index contributed by atoms with van der Waals surface area (Å²) in [6.07, 6.45) is 9.10. The van der Waals surface area contributed by atoms with Crippen molar-refractivity contribution in [3.8, 4) is 0 Å². The number of carbonyl (C=O) groups is 1. The van der Waals surface area contributed by atoms with Gasteiger partial charge in [0.15, 0.2) is 5.17 Å². The number of carbonyl (C=O) groups excluding carboxylic acids is 1. The van der Waals surface area contributed by atoms with Gasteiger partial charge in [0.2, 0.25) is 5.13 Å². The van der Waals surface area contributed by atoms with Gasteiger partial charge in [-0.25, -0.2) is 0 Å². The molecule has 1 aliphatic heterocycles. The van der Waals surface area contributed by atoms with E-state index in [1.54, 1.807) is 6.08 Å². The Labute approximate surface area is 183 Å². The molecular formula is C21H21ClN4OS2. The van der Waals surface area contributed by atoms with Crippen LogP contribution in [0.3, 0.4) is 0 Å². The molecule has 0 unspecified atom stereocenters. The van der Waals surface area contributed by atoms with Crippen LogP contribution >= 0.6 is 34.7 Å². The Bertz CT molecular complexity index is 978. The lowest BCUT2D eigenvalue weighted by molar-refractivity contribution is -0.124. The van der Waals surface area contributed by atoms with Crippen LogP contribution in [-0.4, -0.2) is 32.2 Å². The highest BCUT2D eigenvalue weighted by Gasteiger charge is 2.39. The largest absolute Gasteiger partial charge is 0.283 e. The van der Waals surface area contributed by atoms with Crippen LogP contribution in [0.5, 0.6) is 0 Å². The molecule has 2 fully saturated rings. The van der Waals surface area contributed by atoms with Gasteiger partial charge in [-0.3, -0.25) is 9.69 Å². The number of nitrogens with zero attached hydrogens (tertiary/aromatic N) is 4. The summed E-state index contributed by atoms with van der Waals surface area (Å²) >= 11 is 9.23. The van der Waals surface area contributed by atoms with Gasteiger partial charge < -0.3 is 0 Å². The van der Waals surface area contributed by atoms with Crippen molar-refractivity contribution in [2.24, 2.45) is 4.99 Å². The Morgan fingerprint density at radius 2 is 1.97 bits per heavy atom. The molecule has 29 heavy (non-hydrogen) atoms. The molecule has 1 aliphatic carbocycles. The fourth-order valence-corrected chi connectivity index (χ4v) is 5.46. The maximum atomic E-state index is 13.2. The average Bonchev–Trinajstić information content (AvgIpc) is 3.26. The van der Waals surface area contributed by atoms with E-state index in [2.05, 4.69) is 15.2 Å². The van der Waals surface area contributed by atoms with Crippen LogP contribution in [0, 0.1) is 6.92 Å². The maximum absolute atomic E-state index is 13.2. The molecule has 0 radical (unpaired) electrons. The summed E-state index contributed by atoms with van der Waals surface area (Å²) in [5, 5.41) is 10.8. The minimum absolute atomic E-state index is 0.0264. The van der Waals surface area contributed by atoms with Crippen molar-refractivity contribution in [2.75, 3.05) is 0 Å². The van der Waals surface area contributed by atoms with E-state index in [4.69, 9.17) is 11.6 Å². The number of benzene rings is 1. The van der Waals surface area contributed by atoms with Crippen LogP contribution in [0.25, 0.3) is 6.08 Å². The second kappa shape index (κ2) is 9.24. The fourth-order valence-electron chi connectivity index (χ4n) is 3.51. The van der Waals surface area contributed by atoms with E-state index in [0.717, 1.165) is 36.3 Å². The molecule has 150 valence electrons. The van der Waals surface area contributed by atoms with Gasteiger partial charge in [-0.05, 0) is 49.2 Å². The third kappa shape index (κ3) is 4.97. The van der Waals surface area contributed by atoms with Crippen molar-refractivity contribution in [3.63, 3.8) is 0 Å². The Morgan fingerprint density at radius 1 is 1.21 bits per heavy atom. The first-order valence-corrected chi connectivity index (χ1v) is 11.7. The van der Waals surface area contributed by atoms with Crippen molar-refractivity contribution in [1.82, 2.24) is 15.1 Å². The molecule has 4 rings (SSSR count). The standard InChI is InChI=1S/C21H21ClN4OS2/c1-14-24-25-20(28-14)23-21-26(17-10-6-3-7-11-17)19(27)18(29-21)13-16(22)12-15-8-4-2-5-9-15/h2,4-5,8-9,12-13,17H,3,6-7,10-11H2,1H3/b16-12-,18-13-,23-21+. The fraction of sp³-hybridized carbons (Fsp3) is 0.333. The number of aromatic nitrogens is 2. The number of amides is 1. The second-order valence-electron chi connectivity index (χ2n) is 7.02. The van der Waals surface area contributed by atoms with Crippen LogP contribution in [0.4, 0.5) is 5.13 Å². The topological polar surface area (TPSA) is 58.5 Å². The predicted molar refractivity (Wildman–Crippen MR) is 121 cm³/mol. The number of aryl methyl sites for hydroxylation is 1. The Kier molecular flexibility index (Phi) is 6.47. The van der Waals surface area contributed by atoms with Crippen molar-refractivity contribution in [2.45, 2.75) is 45.1 Å². The lowest BCUT2D eigenvalue weighted by Crippen LogP contribution is -2.40. The Morgan fingerprint density at radius 3 is 2.66 bits per heavy atom. The number of halogens is 1. The van der Waals surface area contributed by atoms with Crippen molar-refractivity contribution < 1.29 is 4.79 Å². The first-order chi connectivity index (χ1) is 14.1. The lowest BCUT2D eigenvalue weighted by Gasteiger charge is -2.30. The monoisotopic (exact) mass is 444 g/mol. The molecule has 2 aromatic rings. The quantitative estimate of drug-likeness (QED) is 0.550. The molecule has 5 nitrogen and oxygen atoms in total. The van der Waals surface area contributed by atoms with Crippen molar-refractivity contribution >= 4 is 57.0 Å². The smallest absolute Gasteiger partial charge is 0.267 e. The number of amidine groups is 1. The van der Waals surface area contributed by atoms with E-state index < -0.39 is 0 Å². The van der Waals surface area contributed by atoms with Gasteiger partial charge >= 0.3 is 0 Å². The summed E-state index contributed by atoms with van der Waals surface area (Å²) in [7, 11) is 0. The van der Waals surface area contributed by atoms with Crippen LogP contribution in [0.1, 0.15) is 42.7 Å². The molecule has 1 saturated heterocycles. The van der Waals surface area contributed by atoms with Crippen molar-refractivity contribution in [3.05, 3.63) is 56.9 Å². The zero-order chi connectivity index (χ0) is 20.2. The summed E-state index contributed by atoms with van der Waals surface area (Å²) in [4.78, 5) is 20.3. The van der Waals surface area contributed by atoms with E-state index in [1.807, 2.05) is 48.2 Å². The van der Waals surface area contributed by atoms with Crippen LogP contribution in [0.2, 0.25) is 0 Å². The molecular weight excluding hydrogens is 424 g/mol. The second-order valence-corrected chi connectivity index (χ2v) is 9.62. The zero-order valence-electron chi connectivity index (χ0n) is 16.0. The van der Waals surface area contributed by atoms with Crippen molar-refractivity contribution in [1.29, 1.82) is 0 Å². The molecule has 0 N–H and O–H groups in total. The van der Waals surface area contributed by atoms with Gasteiger partial charge in [0.1, 0.15) is 5.01 Å². The minimum Gasteiger partial charge on any atom is -0.283 e. The lowest BCUT2D eigenvalue weighted by atomic mass is 9.94. The van der Waals surface area contributed by atoms with Gasteiger partial charge in [-0.15, -0.1) is 10.2 Å². The summed E-state index contributed by atoms with van der Waals surface area (Å²) < 4.78 is 0. The average molecular weight is 445 g/mol. The van der Waals surface area contributed by atoms with E-state index in [9.17, 15) is 4.79 Å². The van der Waals surface area contributed by atoms with Gasteiger partial charge in [0.05, 0.1) is 4.91 Å². The highest BCUT2D eigenvalue weighted by atomic mass is 35.5. The normalized spacial score (nSPS) is 21.5. The number of rotatable bonds is 4. The first kappa shape index (κ1) is 20.3. The highest BCUT2D eigenvalue weighted by Crippen LogP contribution is 2.38. The van der Waals surface area contributed by atoms with Gasteiger partial charge in [0.25, 0.3) is 5.91 Å². The molecule has 0 bridgehead atoms. The van der Waals surface area contributed by atoms with Gasteiger partial charge in [-0.2, -0.15) is 4.99 Å². The molecule has 8 heteroatoms. The highest BCUT2D eigenvalue weighted by molar-refractivity contribution is 8.18. The molecule has 2 heterocycles. The molecule has 0 atom stereocenters. The summed E-state index contributed by atoms with van der Waals surface area (Å²) in [5.74, 6) is -0.0264. The number of allylic oxidation sites excluding steroid dienone is 2. The number of hydrogen-bond donors (Lipinski definition) is 0.